The van der Waals surface area contributed by atoms with E-state index in [0.717, 1.165) is 5.69 Å². The number of anilines is 1. The van der Waals surface area contributed by atoms with Crippen LogP contribution in [0.2, 0.25) is 10.0 Å². The average molecular weight is 236 g/mol. The highest BCUT2D eigenvalue weighted by atomic mass is 35.5. The lowest BCUT2D eigenvalue weighted by Gasteiger charge is -2.10. The molecular formula is C9H11Cl2NO2. The van der Waals surface area contributed by atoms with Gasteiger partial charge in [0.1, 0.15) is 0 Å². The lowest BCUT2D eigenvalue weighted by atomic mass is 10.3. The fourth-order valence-electron chi connectivity index (χ4n) is 0.956. The molecule has 1 aromatic rings. The van der Waals surface area contributed by atoms with E-state index in [2.05, 4.69) is 5.32 Å². The molecule has 0 amide bonds. The molecule has 1 rings (SSSR count). The molecule has 0 aliphatic rings. The largest absolute Gasteiger partial charge is 0.394 e. The molecule has 1 atom stereocenters. The number of hydrogen-bond acceptors (Lipinski definition) is 3. The summed E-state index contributed by atoms with van der Waals surface area (Å²) in [4.78, 5) is 0. The van der Waals surface area contributed by atoms with Gasteiger partial charge in [-0.1, -0.05) is 23.2 Å². The minimum atomic E-state index is -0.784. The van der Waals surface area contributed by atoms with Crippen LogP contribution in [0, 0.1) is 0 Å². The molecule has 0 fully saturated rings. The number of nitrogens with one attached hydrogen (secondary N) is 1. The molecule has 0 aromatic heterocycles. The summed E-state index contributed by atoms with van der Waals surface area (Å²) in [6.07, 6.45) is -0.784. The van der Waals surface area contributed by atoms with Crippen molar-refractivity contribution >= 4 is 28.9 Å². The van der Waals surface area contributed by atoms with E-state index in [9.17, 15) is 0 Å². The van der Waals surface area contributed by atoms with Crippen LogP contribution in [0.3, 0.4) is 0 Å². The summed E-state index contributed by atoms with van der Waals surface area (Å²) in [5.41, 5.74) is 0.718. The van der Waals surface area contributed by atoms with Crippen molar-refractivity contribution in [2.75, 3.05) is 18.5 Å². The Morgan fingerprint density at radius 2 is 1.79 bits per heavy atom. The molecular weight excluding hydrogens is 225 g/mol. The van der Waals surface area contributed by atoms with Crippen molar-refractivity contribution in [3.05, 3.63) is 28.2 Å². The fourth-order valence-corrected chi connectivity index (χ4v) is 1.48. The summed E-state index contributed by atoms with van der Waals surface area (Å²) in [6.45, 7) is -0.0194. The molecule has 14 heavy (non-hydrogen) atoms. The first-order chi connectivity index (χ1) is 6.61. The van der Waals surface area contributed by atoms with Crippen LogP contribution < -0.4 is 5.32 Å². The van der Waals surface area contributed by atoms with E-state index in [1.165, 1.54) is 0 Å². The van der Waals surface area contributed by atoms with E-state index < -0.39 is 6.10 Å². The predicted octanol–water partition coefficient (Wildman–Crippen LogP) is 1.76. The summed E-state index contributed by atoms with van der Waals surface area (Å²) in [5.74, 6) is 0. The molecule has 0 aliphatic heterocycles. The minimum Gasteiger partial charge on any atom is -0.394 e. The van der Waals surface area contributed by atoms with Crippen molar-refractivity contribution in [3.8, 4) is 0 Å². The highest BCUT2D eigenvalue weighted by molar-refractivity contribution is 6.35. The first kappa shape index (κ1) is 11.6. The third-order valence-electron chi connectivity index (χ3n) is 1.62. The van der Waals surface area contributed by atoms with Gasteiger partial charge in [0.05, 0.1) is 12.7 Å². The third kappa shape index (κ3) is 3.72. The van der Waals surface area contributed by atoms with Gasteiger partial charge in [0, 0.05) is 22.3 Å². The van der Waals surface area contributed by atoms with Crippen molar-refractivity contribution in [1.82, 2.24) is 0 Å². The molecule has 0 bridgehead atoms. The number of benzene rings is 1. The lowest BCUT2D eigenvalue weighted by Crippen LogP contribution is -2.22. The van der Waals surface area contributed by atoms with Gasteiger partial charge in [0.2, 0.25) is 0 Å². The first-order valence-corrected chi connectivity index (χ1v) is 4.86. The van der Waals surface area contributed by atoms with Crippen LogP contribution >= 0.6 is 23.2 Å². The maximum atomic E-state index is 9.08. The highest BCUT2D eigenvalue weighted by Crippen LogP contribution is 2.22. The molecule has 0 spiro atoms. The van der Waals surface area contributed by atoms with E-state index in [1.54, 1.807) is 18.2 Å². The molecule has 3 nitrogen and oxygen atoms in total. The molecule has 0 radical (unpaired) electrons. The number of aliphatic hydroxyl groups excluding tert-OH is 2. The quantitative estimate of drug-likeness (QED) is 0.746. The van der Waals surface area contributed by atoms with Gasteiger partial charge in [-0.25, -0.2) is 0 Å². The van der Waals surface area contributed by atoms with Crippen LogP contribution in [0.5, 0.6) is 0 Å². The van der Waals surface area contributed by atoms with Crippen molar-refractivity contribution in [3.63, 3.8) is 0 Å². The van der Waals surface area contributed by atoms with Gasteiger partial charge in [-0.05, 0) is 18.2 Å². The molecule has 0 saturated heterocycles. The molecule has 0 saturated carbocycles. The normalized spacial score (nSPS) is 12.6. The van der Waals surface area contributed by atoms with E-state index in [1.807, 2.05) is 0 Å². The smallest absolute Gasteiger partial charge is 0.0942 e. The summed E-state index contributed by atoms with van der Waals surface area (Å²) >= 11 is 11.5. The Hall–Kier alpha value is -0.480. The van der Waals surface area contributed by atoms with Gasteiger partial charge < -0.3 is 15.5 Å². The number of rotatable bonds is 4. The lowest BCUT2D eigenvalue weighted by molar-refractivity contribution is 0.105. The summed E-state index contributed by atoms with van der Waals surface area (Å²) in [6, 6.07) is 5.01. The van der Waals surface area contributed by atoms with Crippen LogP contribution in [0.15, 0.2) is 18.2 Å². The van der Waals surface area contributed by atoms with E-state index in [4.69, 9.17) is 33.4 Å². The maximum Gasteiger partial charge on any atom is 0.0942 e. The Labute approximate surface area is 92.3 Å². The first-order valence-electron chi connectivity index (χ1n) is 4.10. The van der Waals surface area contributed by atoms with Crippen LogP contribution in [-0.4, -0.2) is 29.5 Å². The number of halogens is 2. The van der Waals surface area contributed by atoms with Crippen molar-refractivity contribution < 1.29 is 10.2 Å². The number of hydrogen-bond donors (Lipinski definition) is 3. The van der Waals surface area contributed by atoms with Crippen LogP contribution in [-0.2, 0) is 0 Å². The second-order valence-corrected chi connectivity index (χ2v) is 3.75. The zero-order valence-electron chi connectivity index (χ0n) is 7.37. The Morgan fingerprint density at radius 1 is 1.21 bits per heavy atom. The Morgan fingerprint density at radius 3 is 2.29 bits per heavy atom. The molecule has 5 heteroatoms. The van der Waals surface area contributed by atoms with Crippen molar-refractivity contribution in [1.29, 1.82) is 0 Å². The number of aliphatic hydroxyl groups is 2. The van der Waals surface area contributed by atoms with Crippen LogP contribution in [0.1, 0.15) is 0 Å². The van der Waals surface area contributed by atoms with Crippen LogP contribution in [0.4, 0.5) is 5.69 Å². The Balaban J connectivity index is 2.58. The van der Waals surface area contributed by atoms with E-state index >= 15 is 0 Å². The maximum absolute atomic E-state index is 9.08. The molecule has 1 unspecified atom stereocenters. The van der Waals surface area contributed by atoms with E-state index in [-0.39, 0.29) is 13.2 Å². The van der Waals surface area contributed by atoms with Crippen LogP contribution in [0.25, 0.3) is 0 Å². The Kier molecular flexibility index (Phi) is 4.48. The molecule has 0 aliphatic carbocycles. The van der Waals surface area contributed by atoms with Gasteiger partial charge in [0.25, 0.3) is 0 Å². The van der Waals surface area contributed by atoms with Gasteiger partial charge in [-0.3, -0.25) is 0 Å². The second-order valence-electron chi connectivity index (χ2n) is 2.88. The van der Waals surface area contributed by atoms with Gasteiger partial charge in [-0.15, -0.1) is 0 Å². The monoisotopic (exact) mass is 235 g/mol. The standard InChI is InChI=1S/C9H11Cl2NO2/c10-6-1-7(11)3-8(2-6)12-4-9(14)5-13/h1-3,9,12-14H,4-5H2. The van der Waals surface area contributed by atoms with Crippen molar-refractivity contribution in [2.24, 2.45) is 0 Å². The Bertz CT molecular complexity index is 287. The SMILES string of the molecule is OCC(O)CNc1cc(Cl)cc(Cl)c1. The van der Waals surface area contributed by atoms with E-state index in [0.29, 0.717) is 10.0 Å². The molecule has 78 valence electrons. The zero-order chi connectivity index (χ0) is 10.6. The van der Waals surface area contributed by atoms with Crippen molar-refractivity contribution in [2.45, 2.75) is 6.10 Å². The van der Waals surface area contributed by atoms with Gasteiger partial charge in [0.15, 0.2) is 0 Å². The molecule has 0 heterocycles. The average Bonchev–Trinajstić information content (AvgIpc) is 2.12. The summed E-state index contributed by atoms with van der Waals surface area (Å²) in [5, 5.41) is 21.6. The van der Waals surface area contributed by atoms with Gasteiger partial charge in [-0.2, -0.15) is 0 Å². The highest BCUT2D eigenvalue weighted by Gasteiger charge is 2.02. The second kappa shape index (κ2) is 5.41. The molecule has 1 aromatic carbocycles. The molecule has 3 N–H and O–H groups in total. The zero-order valence-corrected chi connectivity index (χ0v) is 8.89. The predicted molar refractivity (Wildman–Crippen MR) is 58.0 cm³/mol. The topological polar surface area (TPSA) is 52.5 Å². The fraction of sp³-hybridized carbons (Fsp3) is 0.333. The van der Waals surface area contributed by atoms with Gasteiger partial charge >= 0.3 is 0 Å². The minimum absolute atomic E-state index is 0.257. The summed E-state index contributed by atoms with van der Waals surface area (Å²) < 4.78 is 0. The summed E-state index contributed by atoms with van der Waals surface area (Å²) in [7, 11) is 0. The third-order valence-corrected chi connectivity index (χ3v) is 2.05.